The standard InChI is InChI=1S/C15H13N3O/c1-16-14-9-15(18-10-17-14)19-13-8-4-6-11-5-2-3-7-12(11)13/h2-10H,1H3,(H,16,17,18). The Morgan fingerprint density at radius 2 is 1.84 bits per heavy atom. The highest BCUT2D eigenvalue weighted by Gasteiger charge is 2.04. The zero-order chi connectivity index (χ0) is 13.1. The van der Waals surface area contributed by atoms with Gasteiger partial charge in [-0.1, -0.05) is 36.4 Å². The van der Waals surface area contributed by atoms with Gasteiger partial charge in [0.2, 0.25) is 5.88 Å². The summed E-state index contributed by atoms with van der Waals surface area (Å²) in [6.07, 6.45) is 1.48. The van der Waals surface area contributed by atoms with E-state index >= 15 is 0 Å². The summed E-state index contributed by atoms with van der Waals surface area (Å²) in [6.45, 7) is 0. The molecule has 0 amide bonds. The number of rotatable bonds is 3. The molecule has 0 saturated heterocycles. The number of hydrogen-bond acceptors (Lipinski definition) is 4. The second-order valence-corrected chi connectivity index (χ2v) is 4.07. The summed E-state index contributed by atoms with van der Waals surface area (Å²) in [4.78, 5) is 8.18. The molecule has 2 aromatic carbocycles. The second kappa shape index (κ2) is 4.94. The summed E-state index contributed by atoms with van der Waals surface area (Å²) >= 11 is 0. The summed E-state index contributed by atoms with van der Waals surface area (Å²) in [5.41, 5.74) is 0. The van der Waals surface area contributed by atoms with E-state index in [1.54, 1.807) is 6.07 Å². The van der Waals surface area contributed by atoms with Crippen LogP contribution in [0.2, 0.25) is 0 Å². The van der Waals surface area contributed by atoms with Crippen molar-refractivity contribution >= 4 is 16.6 Å². The molecule has 0 fully saturated rings. The van der Waals surface area contributed by atoms with E-state index in [1.165, 1.54) is 6.33 Å². The first-order chi connectivity index (χ1) is 9.36. The van der Waals surface area contributed by atoms with Gasteiger partial charge in [-0.15, -0.1) is 0 Å². The van der Waals surface area contributed by atoms with E-state index < -0.39 is 0 Å². The summed E-state index contributed by atoms with van der Waals surface area (Å²) < 4.78 is 5.84. The molecule has 0 atom stereocenters. The van der Waals surface area contributed by atoms with E-state index in [1.807, 2.05) is 37.4 Å². The van der Waals surface area contributed by atoms with Gasteiger partial charge in [0.25, 0.3) is 0 Å². The Labute approximate surface area is 111 Å². The second-order valence-electron chi connectivity index (χ2n) is 4.07. The van der Waals surface area contributed by atoms with Crippen molar-refractivity contribution < 1.29 is 4.74 Å². The molecule has 3 aromatic rings. The number of nitrogens with one attached hydrogen (secondary N) is 1. The van der Waals surface area contributed by atoms with Crippen LogP contribution in [0.3, 0.4) is 0 Å². The van der Waals surface area contributed by atoms with Crippen molar-refractivity contribution in [3.63, 3.8) is 0 Å². The molecular formula is C15H13N3O. The number of aromatic nitrogens is 2. The maximum Gasteiger partial charge on any atom is 0.224 e. The Balaban J connectivity index is 2.01. The first-order valence-electron chi connectivity index (χ1n) is 6.02. The number of anilines is 1. The smallest absolute Gasteiger partial charge is 0.224 e. The lowest BCUT2D eigenvalue weighted by Gasteiger charge is -2.08. The van der Waals surface area contributed by atoms with Crippen LogP contribution in [0.25, 0.3) is 10.8 Å². The molecule has 0 aliphatic heterocycles. The lowest BCUT2D eigenvalue weighted by atomic mass is 10.1. The molecule has 0 spiro atoms. The molecule has 4 heteroatoms. The van der Waals surface area contributed by atoms with Gasteiger partial charge < -0.3 is 10.1 Å². The lowest BCUT2D eigenvalue weighted by Crippen LogP contribution is -1.95. The average molecular weight is 251 g/mol. The van der Waals surface area contributed by atoms with Crippen LogP contribution in [0.1, 0.15) is 0 Å². The molecule has 1 heterocycles. The molecule has 0 radical (unpaired) electrons. The van der Waals surface area contributed by atoms with Gasteiger partial charge >= 0.3 is 0 Å². The summed E-state index contributed by atoms with van der Waals surface area (Å²) in [5.74, 6) is 2.04. The van der Waals surface area contributed by atoms with Gasteiger partial charge in [-0.3, -0.25) is 0 Å². The Hall–Kier alpha value is -2.62. The quantitative estimate of drug-likeness (QED) is 0.774. The van der Waals surface area contributed by atoms with Crippen LogP contribution < -0.4 is 10.1 Å². The normalized spacial score (nSPS) is 10.4. The van der Waals surface area contributed by atoms with Crippen molar-refractivity contribution in [1.82, 2.24) is 9.97 Å². The zero-order valence-corrected chi connectivity index (χ0v) is 10.5. The first kappa shape index (κ1) is 11.5. The van der Waals surface area contributed by atoms with Crippen molar-refractivity contribution in [2.24, 2.45) is 0 Å². The van der Waals surface area contributed by atoms with Gasteiger partial charge in [-0.2, -0.15) is 0 Å². The molecule has 3 rings (SSSR count). The topological polar surface area (TPSA) is 47.0 Å². The van der Waals surface area contributed by atoms with Gasteiger partial charge in [-0.05, 0) is 11.5 Å². The van der Waals surface area contributed by atoms with Crippen molar-refractivity contribution in [2.45, 2.75) is 0 Å². The van der Waals surface area contributed by atoms with Gasteiger partial charge in [0.1, 0.15) is 17.9 Å². The van der Waals surface area contributed by atoms with E-state index in [0.717, 1.165) is 22.3 Å². The molecule has 1 N–H and O–H groups in total. The third-order valence-electron chi connectivity index (χ3n) is 2.86. The fraction of sp³-hybridized carbons (Fsp3) is 0.0667. The highest BCUT2D eigenvalue weighted by Crippen LogP contribution is 2.29. The number of ether oxygens (including phenoxy) is 1. The molecule has 0 bridgehead atoms. The predicted octanol–water partition coefficient (Wildman–Crippen LogP) is 3.46. The van der Waals surface area contributed by atoms with Gasteiger partial charge in [0, 0.05) is 18.5 Å². The maximum atomic E-state index is 5.84. The van der Waals surface area contributed by atoms with Crippen LogP contribution >= 0.6 is 0 Å². The van der Waals surface area contributed by atoms with E-state index in [9.17, 15) is 0 Å². The summed E-state index contributed by atoms with van der Waals surface area (Å²) in [5, 5.41) is 5.17. The zero-order valence-electron chi connectivity index (χ0n) is 10.5. The Morgan fingerprint density at radius 1 is 1.00 bits per heavy atom. The predicted molar refractivity (Wildman–Crippen MR) is 75.6 cm³/mol. The van der Waals surface area contributed by atoms with Gasteiger partial charge in [0.15, 0.2) is 0 Å². The fourth-order valence-electron chi connectivity index (χ4n) is 1.93. The Bertz CT molecular complexity index is 707. The molecule has 19 heavy (non-hydrogen) atoms. The fourth-order valence-corrected chi connectivity index (χ4v) is 1.93. The van der Waals surface area contributed by atoms with Crippen LogP contribution in [-0.4, -0.2) is 17.0 Å². The minimum atomic E-state index is 0.524. The van der Waals surface area contributed by atoms with Crippen molar-refractivity contribution in [3.05, 3.63) is 54.9 Å². The molecule has 1 aromatic heterocycles. The first-order valence-corrected chi connectivity index (χ1v) is 6.02. The number of benzene rings is 2. The SMILES string of the molecule is CNc1cc(Oc2cccc3ccccc23)ncn1. The molecule has 0 aliphatic carbocycles. The highest BCUT2D eigenvalue weighted by molar-refractivity contribution is 5.88. The number of hydrogen-bond donors (Lipinski definition) is 1. The van der Waals surface area contributed by atoms with Crippen LogP contribution in [-0.2, 0) is 0 Å². The van der Waals surface area contributed by atoms with Crippen molar-refractivity contribution in [1.29, 1.82) is 0 Å². The summed E-state index contributed by atoms with van der Waals surface area (Å²) in [7, 11) is 1.81. The average Bonchev–Trinajstić information content (AvgIpc) is 2.48. The van der Waals surface area contributed by atoms with E-state index in [0.29, 0.717) is 5.88 Å². The van der Waals surface area contributed by atoms with Crippen LogP contribution in [0.15, 0.2) is 54.9 Å². The monoisotopic (exact) mass is 251 g/mol. The molecular weight excluding hydrogens is 238 g/mol. The number of nitrogens with zero attached hydrogens (tertiary/aromatic N) is 2. The minimum absolute atomic E-state index is 0.524. The molecule has 0 saturated carbocycles. The number of fused-ring (bicyclic) bond motifs is 1. The molecule has 0 aliphatic rings. The van der Waals surface area contributed by atoms with Gasteiger partial charge in [-0.25, -0.2) is 9.97 Å². The largest absolute Gasteiger partial charge is 0.438 e. The molecule has 4 nitrogen and oxygen atoms in total. The Kier molecular flexibility index (Phi) is 2.98. The van der Waals surface area contributed by atoms with Crippen molar-refractivity contribution in [2.75, 3.05) is 12.4 Å². The van der Waals surface area contributed by atoms with Crippen LogP contribution in [0.4, 0.5) is 5.82 Å². The van der Waals surface area contributed by atoms with E-state index in [-0.39, 0.29) is 0 Å². The van der Waals surface area contributed by atoms with Gasteiger partial charge in [0.05, 0.1) is 0 Å². The van der Waals surface area contributed by atoms with Crippen molar-refractivity contribution in [3.8, 4) is 11.6 Å². The third-order valence-corrected chi connectivity index (χ3v) is 2.86. The highest BCUT2D eigenvalue weighted by atomic mass is 16.5. The lowest BCUT2D eigenvalue weighted by molar-refractivity contribution is 0.467. The third kappa shape index (κ3) is 2.33. The molecule has 0 unspecified atom stereocenters. The van der Waals surface area contributed by atoms with E-state index in [2.05, 4.69) is 27.4 Å². The Morgan fingerprint density at radius 3 is 2.74 bits per heavy atom. The van der Waals surface area contributed by atoms with Crippen LogP contribution in [0, 0.1) is 0 Å². The molecule has 94 valence electrons. The van der Waals surface area contributed by atoms with Crippen LogP contribution in [0.5, 0.6) is 11.6 Å². The minimum Gasteiger partial charge on any atom is -0.438 e. The maximum absolute atomic E-state index is 5.84. The van der Waals surface area contributed by atoms with E-state index in [4.69, 9.17) is 4.74 Å². The summed E-state index contributed by atoms with van der Waals surface area (Å²) in [6, 6.07) is 15.8.